The van der Waals surface area contributed by atoms with Gasteiger partial charge in [-0.3, -0.25) is 24.4 Å². The molecule has 3 N–H and O–H groups in total. The Hall–Kier alpha value is -5.78. The standard InChI is InChI=1S/C47H48ClN5O4Si/c1-31-25-34(27-49-23-24-57-58(47(4,5)6,36-15-9-7-10-16-36)37-17-11-8-12-18-37)28-50-43(31)46(56)53-41-22-14-20-39(42(41)48)38-19-13-21-40(33(38)3)52-45(55)44-32(2)26-35(30-54)29-51-44/h7-22,25-26,28-30,49H,23-24,27H2,1-6H3,(H,52,55)(H,53,56). The summed E-state index contributed by atoms with van der Waals surface area (Å²) in [6, 6.07) is 35.7. The Morgan fingerprint density at radius 1 is 0.724 bits per heavy atom. The molecule has 9 nitrogen and oxygen atoms in total. The fourth-order valence-electron chi connectivity index (χ4n) is 7.40. The number of carbonyl (C=O) groups excluding carboxylic acids is 3. The average Bonchev–Trinajstić information content (AvgIpc) is 3.21. The highest BCUT2D eigenvalue weighted by atomic mass is 35.5. The third-order valence-electron chi connectivity index (χ3n) is 10.3. The molecule has 0 bridgehead atoms. The second-order valence-corrected chi connectivity index (χ2v) is 20.0. The van der Waals surface area contributed by atoms with E-state index in [4.69, 9.17) is 16.0 Å². The van der Waals surface area contributed by atoms with E-state index in [2.05, 4.69) is 95.2 Å². The van der Waals surface area contributed by atoms with E-state index >= 15 is 0 Å². The molecule has 0 radical (unpaired) electrons. The van der Waals surface area contributed by atoms with Gasteiger partial charge < -0.3 is 20.4 Å². The largest absolute Gasteiger partial charge is 0.406 e. The minimum absolute atomic E-state index is 0.104. The van der Waals surface area contributed by atoms with Crippen molar-refractivity contribution < 1.29 is 18.8 Å². The molecule has 296 valence electrons. The quantitative estimate of drug-likeness (QED) is 0.0572. The SMILES string of the molecule is Cc1cc(C=O)cnc1C(=O)Nc1cccc(-c2cccc(NC(=O)c3ncc(CNCCO[Si](c4ccccc4)(c4ccccc4)C(C)(C)C)cc3C)c2Cl)c1C. The fraction of sp³-hybridized carbons (Fsp3) is 0.213. The van der Waals surface area contributed by atoms with Crippen molar-refractivity contribution in [1.29, 1.82) is 0 Å². The Bertz CT molecular complexity index is 2400. The van der Waals surface area contributed by atoms with Crippen LogP contribution >= 0.6 is 11.6 Å². The summed E-state index contributed by atoms with van der Waals surface area (Å²) < 4.78 is 7.01. The van der Waals surface area contributed by atoms with Crippen LogP contribution in [0.1, 0.15) is 74.4 Å². The zero-order chi connectivity index (χ0) is 41.5. The van der Waals surface area contributed by atoms with E-state index in [-0.39, 0.29) is 16.6 Å². The summed E-state index contributed by atoms with van der Waals surface area (Å²) in [5.74, 6) is -0.775. The molecule has 0 saturated carbocycles. The van der Waals surface area contributed by atoms with Crippen LogP contribution in [-0.2, 0) is 11.0 Å². The highest BCUT2D eigenvalue weighted by Gasteiger charge is 2.50. The van der Waals surface area contributed by atoms with E-state index in [1.807, 2.05) is 56.3 Å². The van der Waals surface area contributed by atoms with Crippen molar-refractivity contribution in [3.63, 3.8) is 0 Å². The maximum absolute atomic E-state index is 13.6. The van der Waals surface area contributed by atoms with Gasteiger partial charge in [-0.2, -0.15) is 0 Å². The zero-order valence-electron chi connectivity index (χ0n) is 33.7. The molecule has 0 aliphatic carbocycles. The summed E-state index contributed by atoms with van der Waals surface area (Å²) in [4.78, 5) is 46.6. The molecule has 0 fully saturated rings. The number of aromatic nitrogens is 2. The number of halogens is 1. The van der Waals surface area contributed by atoms with E-state index in [0.29, 0.717) is 64.8 Å². The Morgan fingerprint density at radius 3 is 1.84 bits per heavy atom. The highest BCUT2D eigenvalue weighted by molar-refractivity contribution is 6.99. The van der Waals surface area contributed by atoms with Gasteiger partial charge in [0.25, 0.3) is 20.1 Å². The molecule has 0 atom stereocenters. The Morgan fingerprint density at radius 2 is 1.28 bits per heavy atom. The molecule has 58 heavy (non-hydrogen) atoms. The van der Waals surface area contributed by atoms with E-state index in [1.165, 1.54) is 16.6 Å². The number of pyridine rings is 2. The summed E-state index contributed by atoms with van der Waals surface area (Å²) in [5.41, 5.74) is 6.44. The predicted octanol–water partition coefficient (Wildman–Crippen LogP) is 8.71. The van der Waals surface area contributed by atoms with Crippen LogP contribution in [0.2, 0.25) is 10.1 Å². The Kier molecular flexibility index (Phi) is 13.1. The smallest absolute Gasteiger partial charge is 0.274 e. The second kappa shape index (κ2) is 18.2. The molecular weight excluding hydrogens is 762 g/mol. The van der Waals surface area contributed by atoms with Crippen LogP contribution < -0.4 is 26.3 Å². The van der Waals surface area contributed by atoms with Crippen molar-refractivity contribution in [2.75, 3.05) is 23.8 Å². The number of anilines is 2. The molecule has 2 heterocycles. The molecule has 11 heteroatoms. The van der Waals surface area contributed by atoms with Gasteiger partial charge in [0.05, 0.1) is 10.7 Å². The summed E-state index contributed by atoms with van der Waals surface area (Å²) in [6.45, 7) is 14.0. The first-order valence-corrected chi connectivity index (χ1v) is 21.5. The van der Waals surface area contributed by atoms with Crippen molar-refractivity contribution in [3.05, 3.63) is 166 Å². The minimum atomic E-state index is -2.63. The van der Waals surface area contributed by atoms with Crippen molar-refractivity contribution in [2.45, 2.75) is 53.1 Å². The minimum Gasteiger partial charge on any atom is -0.406 e. The highest BCUT2D eigenvalue weighted by Crippen LogP contribution is 2.38. The number of aryl methyl sites for hydroxylation is 2. The lowest BCUT2D eigenvalue weighted by Crippen LogP contribution is -2.66. The fourth-order valence-corrected chi connectivity index (χ4v) is 12.2. The Balaban J connectivity index is 1.10. The van der Waals surface area contributed by atoms with E-state index < -0.39 is 14.2 Å². The number of hydrogen-bond acceptors (Lipinski definition) is 7. The third-order valence-corrected chi connectivity index (χ3v) is 15.7. The van der Waals surface area contributed by atoms with Gasteiger partial charge in [0.15, 0.2) is 6.29 Å². The number of nitrogens with one attached hydrogen (secondary N) is 3. The monoisotopic (exact) mass is 809 g/mol. The van der Waals surface area contributed by atoms with Gasteiger partial charge in [-0.15, -0.1) is 0 Å². The molecule has 6 rings (SSSR count). The van der Waals surface area contributed by atoms with Crippen LogP contribution in [0.3, 0.4) is 0 Å². The first-order chi connectivity index (χ1) is 27.8. The maximum Gasteiger partial charge on any atom is 0.274 e. The molecule has 6 aromatic rings. The number of benzene rings is 4. The van der Waals surface area contributed by atoms with Gasteiger partial charge in [0.1, 0.15) is 11.4 Å². The van der Waals surface area contributed by atoms with Crippen LogP contribution in [0.4, 0.5) is 11.4 Å². The summed E-state index contributed by atoms with van der Waals surface area (Å²) in [5, 5.41) is 12.1. The number of amides is 2. The lowest BCUT2D eigenvalue weighted by Gasteiger charge is -2.43. The lowest BCUT2D eigenvalue weighted by molar-refractivity contribution is 0.101. The molecular formula is C47H48ClN5O4Si. The second-order valence-electron chi connectivity index (χ2n) is 15.3. The van der Waals surface area contributed by atoms with Crippen LogP contribution in [0, 0.1) is 20.8 Å². The summed E-state index contributed by atoms with van der Waals surface area (Å²) in [7, 11) is -2.63. The normalized spacial score (nSPS) is 11.6. The van der Waals surface area contributed by atoms with E-state index in [0.717, 1.165) is 22.3 Å². The van der Waals surface area contributed by atoms with Gasteiger partial charge in [0.2, 0.25) is 0 Å². The number of hydrogen-bond donors (Lipinski definition) is 3. The van der Waals surface area contributed by atoms with Crippen molar-refractivity contribution >= 4 is 59.8 Å². The molecule has 0 spiro atoms. The predicted molar refractivity (Wildman–Crippen MR) is 236 cm³/mol. The first-order valence-electron chi connectivity index (χ1n) is 19.2. The van der Waals surface area contributed by atoms with Crippen molar-refractivity contribution in [2.24, 2.45) is 0 Å². The average molecular weight is 810 g/mol. The molecule has 0 aliphatic rings. The molecule has 2 aromatic heterocycles. The number of carbonyl (C=O) groups is 3. The van der Waals surface area contributed by atoms with Crippen LogP contribution in [0.15, 0.2) is 122 Å². The molecule has 4 aromatic carbocycles. The lowest BCUT2D eigenvalue weighted by atomic mass is 9.98. The first kappa shape index (κ1) is 41.8. The number of rotatable bonds is 14. The van der Waals surface area contributed by atoms with Gasteiger partial charge >= 0.3 is 0 Å². The van der Waals surface area contributed by atoms with E-state index in [9.17, 15) is 14.4 Å². The summed E-state index contributed by atoms with van der Waals surface area (Å²) >= 11 is 6.94. The third kappa shape index (κ3) is 9.01. The van der Waals surface area contributed by atoms with Gasteiger partial charge in [-0.25, -0.2) is 0 Å². The van der Waals surface area contributed by atoms with Gasteiger partial charge in [0, 0.05) is 48.9 Å². The van der Waals surface area contributed by atoms with Gasteiger partial charge in [-0.05, 0) is 82.2 Å². The van der Waals surface area contributed by atoms with Crippen molar-refractivity contribution in [1.82, 2.24) is 15.3 Å². The summed E-state index contributed by atoms with van der Waals surface area (Å²) in [6.07, 6.45) is 3.78. The molecule has 0 unspecified atom stereocenters. The molecule has 0 saturated heterocycles. The van der Waals surface area contributed by atoms with E-state index in [1.54, 1.807) is 31.3 Å². The number of aldehydes is 1. The molecule has 2 amide bonds. The maximum atomic E-state index is 13.6. The zero-order valence-corrected chi connectivity index (χ0v) is 35.4. The van der Waals surface area contributed by atoms with Crippen molar-refractivity contribution in [3.8, 4) is 11.1 Å². The topological polar surface area (TPSA) is 122 Å². The van der Waals surface area contributed by atoms with Crippen LogP contribution in [0.25, 0.3) is 11.1 Å². The number of nitrogens with zero attached hydrogens (tertiary/aromatic N) is 2. The Labute approximate surface area is 346 Å². The molecule has 0 aliphatic heterocycles. The van der Waals surface area contributed by atoms with Crippen LogP contribution in [-0.4, -0.2) is 49.5 Å². The van der Waals surface area contributed by atoms with Gasteiger partial charge in [-0.1, -0.05) is 123 Å². The van der Waals surface area contributed by atoms with Crippen LogP contribution in [0.5, 0.6) is 0 Å².